The van der Waals surface area contributed by atoms with Gasteiger partial charge in [0.15, 0.2) is 0 Å². The summed E-state index contributed by atoms with van der Waals surface area (Å²) >= 11 is 5.59. The van der Waals surface area contributed by atoms with Gasteiger partial charge >= 0.3 is 0 Å². The predicted molar refractivity (Wildman–Crippen MR) is 124 cm³/mol. The van der Waals surface area contributed by atoms with E-state index >= 15 is 0 Å². The molecule has 2 N–H and O–H groups in total. The number of amides is 2. The molecular weight excluding hydrogens is 428 g/mol. The summed E-state index contributed by atoms with van der Waals surface area (Å²) in [5.74, 6) is -0.598. The zero-order chi connectivity index (χ0) is 22.3. The van der Waals surface area contributed by atoms with Gasteiger partial charge in [0, 0.05) is 35.8 Å². The zero-order valence-electron chi connectivity index (χ0n) is 17.1. The Bertz CT molecular complexity index is 1130. The van der Waals surface area contributed by atoms with E-state index in [4.69, 9.17) is 16.4 Å². The standard InChI is InChI=1S/C24H21ClN4O3/c25-14-23(30)28-20-6-2-1-4-17(20)12-16-7-9-19(10-8-16)27-24(31)22-13-21(29-32-22)18-5-3-11-26-15-18/h1-11,15,22H,12-14H2,(H,27,31)(H,28,30). The van der Waals surface area contributed by atoms with Gasteiger partial charge in [0.1, 0.15) is 5.88 Å². The van der Waals surface area contributed by atoms with Crippen molar-refractivity contribution in [3.8, 4) is 0 Å². The van der Waals surface area contributed by atoms with E-state index in [1.54, 1.807) is 12.4 Å². The average Bonchev–Trinajstić information content (AvgIpc) is 3.33. The third kappa shape index (κ3) is 5.31. The summed E-state index contributed by atoms with van der Waals surface area (Å²) in [6.07, 6.45) is 3.71. The molecule has 1 aliphatic heterocycles. The molecule has 0 spiro atoms. The van der Waals surface area contributed by atoms with E-state index in [2.05, 4.69) is 20.8 Å². The van der Waals surface area contributed by atoms with Crippen LogP contribution in [0.3, 0.4) is 0 Å². The van der Waals surface area contributed by atoms with E-state index in [-0.39, 0.29) is 17.7 Å². The topological polar surface area (TPSA) is 92.7 Å². The van der Waals surface area contributed by atoms with Gasteiger partial charge in [-0.1, -0.05) is 35.5 Å². The first kappa shape index (κ1) is 21.5. The summed E-state index contributed by atoms with van der Waals surface area (Å²) in [5, 5.41) is 9.70. The second-order valence-electron chi connectivity index (χ2n) is 7.28. The molecule has 2 amide bonds. The Labute approximate surface area is 190 Å². The first-order chi connectivity index (χ1) is 15.6. The Hall–Kier alpha value is -3.71. The summed E-state index contributed by atoms with van der Waals surface area (Å²) in [5.41, 5.74) is 4.96. The third-order valence-electron chi connectivity index (χ3n) is 4.98. The van der Waals surface area contributed by atoms with Crippen LogP contribution in [0.15, 0.2) is 78.2 Å². The van der Waals surface area contributed by atoms with Gasteiger partial charge in [-0.25, -0.2) is 0 Å². The number of carbonyl (C=O) groups is 2. The van der Waals surface area contributed by atoms with Crippen molar-refractivity contribution in [2.75, 3.05) is 16.5 Å². The molecule has 1 aromatic heterocycles. The number of para-hydroxylation sites is 1. The normalized spacial score (nSPS) is 14.9. The van der Waals surface area contributed by atoms with E-state index in [9.17, 15) is 9.59 Å². The molecule has 0 aliphatic carbocycles. The molecule has 2 heterocycles. The molecule has 8 heteroatoms. The Morgan fingerprint density at radius 3 is 2.59 bits per heavy atom. The molecule has 32 heavy (non-hydrogen) atoms. The summed E-state index contributed by atoms with van der Waals surface area (Å²) in [6.45, 7) is 0. The molecule has 1 unspecified atom stereocenters. The number of halogens is 1. The molecule has 3 aromatic rings. The number of pyridine rings is 1. The number of nitrogens with zero attached hydrogens (tertiary/aromatic N) is 2. The highest BCUT2D eigenvalue weighted by Gasteiger charge is 2.29. The first-order valence-corrected chi connectivity index (χ1v) is 10.6. The average molecular weight is 449 g/mol. The lowest BCUT2D eigenvalue weighted by Crippen LogP contribution is -2.28. The Kier molecular flexibility index (Phi) is 6.77. The Balaban J connectivity index is 1.35. The summed E-state index contributed by atoms with van der Waals surface area (Å²) in [6, 6.07) is 18.8. The van der Waals surface area contributed by atoms with Crippen molar-refractivity contribution in [1.29, 1.82) is 0 Å². The van der Waals surface area contributed by atoms with Crippen molar-refractivity contribution in [2.45, 2.75) is 18.9 Å². The molecule has 1 atom stereocenters. The molecule has 162 valence electrons. The van der Waals surface area contributed by atoms with Crippen molar-refractivity contribution < 1.29 is 14.4 Å². The monoisotopic (exact) mass is 448 g/mol. The van der Waals surface area contributed by atoms with Crippen molar-refractivity contribution >= 4 is 40.5 Å². The van der Waals surface area contributed by atoms with E-state index in [1.807, 2.05) is 60.7 Å². The maximum atomic E-state index is 12.6. The Morgan fingerprint density at radius 1 is 1.03 bits per heavy atom. The highest BCUT2D eigenvalue weighted by Crippen LogP contribution is 2.22. The lowest BCUT2D eigenvalue weighted by Gasteiger charge is -2.12. The number of benzene rings is 2. The summed E-state index contributed by atoms with van der Waals surface area (Å²) in [7, 11) is 0. The van der Waals surface area contributed by atoms with Gasteiger partial charge in [-0.15, -0.1) is 11.6 Å². The number of oxime groups is 1. The number of rotatable bonds is 7. The maximum Gasteiger partial charge on any atom is 0.268 e. The number of hydrogen-bond acceptors (Lipinski definition) is 5. The van der Waals surface area contributed by atoms with Crippen LogP contribution in [0.25, 0.3) is 0 Å². The molecule has 0 saturated heterocycles. The second kappa shape index (κ2) is 10.1. The van der Waals surface area contributed by atoms with Gasteiger partial charge in [0.25, 0.3) is 5.91 Å². The number of anilines is 2. The summed E-state index contributed by atoms with van der Waals surface area (Å²) in [4.78, 5) is 33.6. The summed E-state index contributed by atoms with van der Waals surface area (Å²) < 4.78 is 0. The van der Waals surface area contributed by atoms with Crippen LogP contribution in [0.1, 0.15) is 23.1 Å². The van der Waals surface area contributed by atoms with Gasteiger partial charge in [0.2, 0.25) is 12.0 Å². The quantitative estimate of drug-likeness (QED) is 0.534. The van der Waals surface area contributed by atoms with Crippen LogP contribution in [-0.4, -0.2) is 34.5 Å². The fraction of sp³-hybridized carbons (Fsp3) is 0.167. The van der Waals surface area contributed by atoms with Crippen molar-refractivity contribution in [1.82, 2.24) is 4.98 Å². The SMILES string of the molecule is O=C(CCl)Nc1ccccc1Cc1ccc(NC(=O)C2CC(c3cccnc3)=NO2)cc1. The third-order valence-corrected chi connectivity index (χ3v) is 5.23. The Morgan fingerprint density at radius 2 is 1.84 bits per heavy atom. The van der Waals surface area contributed by atoms with Gasteiger partial charge in [-0.05, 0) is 47.9 Å². The van der Waals surface area contributed by atoms with Crippen LogP contribution in [0, 0.1) is 0 Å². The molecule has 4 rings (SSSR count). The number of hydrogen-bond donors (Lipinski definition) is 2. The van der Waals surface area contributed by atoms with Crippen LogP contribution in [0.2, 0.25) is 0 Å². The van der Waals surface area contributed by atoms with Gasteiger partial charge in [-0.3, -0.25) is 14.6 Å². The van der Waals surface area contributed by atoms with Crippen LogP contribution in [0.5, 0.6) is 0 Å². The van der Waals surface area contributed by atoms with E-state index < -0.39 is 6.10 Å². The van der Waals surface area contributed by atoms with Crippen LogP contribution in [0.4, 0.5) is 11.4 Å². The van der Waals surface area contributed by atoms with Gasteiger partial charge in [-0.2, -0.15) is 0 Å². The van der Waals surface area contributed by atoms with Crippen LogP contribution >= 0.6 is 11.6 Å². The van der Waals surface area contributed by atoms with Crippen LogP contribution < -0.4 is 10.6 Å². The van der Waals surface area contributed by atoms with Gasteiger partial charge < -0.3 is 15.5 Å². The minimum atomic E-state index is -0.678. The van der Waals surface area contributed by atoms with Crippen molar-refractivity contribution in [3.05, 3.63) is 89.7 Å². The fourth-order valence-electron chi connectivity index (χ4n) is 3.35. The second-order valence-corrected chi connectivity index (χ2v) is 7.55. The fourth-order valence-corrected chi connectivity index (χ4v) is 3.42. The zero-order valence-corrected chi connectivity index (χ0v) is 17.9. The molecule has 2 aromatic carbocycles. The molecule has 0 radical (unpaired) electrons. The molecule has 0 bridgehead atoms. The number of carbonyl (C=O) groups excluding carboxylic acids is 2. The van der Waals surface area contributed by atoms with Crippen LogP contribution in [-0.2, 0) is 20.8 Å². The minimum absolute atomic E-state index is 0.0950. The van der Waals surface area contributed by atoms with E-state index in [1.165, 1.54) is 0 Å². The molecular formula is C24H21ClN4O3. The first-order valence-electron chi connectivity index (χ1n) is 10.1. The molecule has 0 saturated carbocycles. The molecule has 7 nitrogen and oxygen atoms in total. The smallest absolute Gasteiger partial charge is 0.268 e. The molecule has 0 fully saturated rings. The molecule has 1 aliphatic rings. The van der Waals surface area contributed by atoms with Crippen molar-refractivity contribution in [3.63, 3.8) is 0 Å². The largest absolute Gasteiger partial charge is 0.382 e. The highest BCUT2D eigenvalue weighted by atomic mass is 35.5. The minimum Gasteiger partial charge on any atom is -0.382 e. The van der Waals surface area contributed by atoms with E-state index in [0.29, 0.717) is 24.2 Å². The number of alkyl halides is 1. The highest BCUT2D eigenvalue weighted by molar-refractivity contribution is 6.29. The van der Waals surface area contributed by atoms with Gasteiger partial charge in [0.05, 0.1) is 5.71 Å². The van der Waals surface area contributed by atoms with E-state index in [0.717, 1.165) is 22.4 Å². The number of aromatic nitrogens is 1. The lowest BCUT2D eigenvalue weighted by molar-refractivity contribution is -0.125. The lowest BCUT2D eigenvalue weighted by atomic mass is 10.0. The predicted octanol–water partition coefficient (Wildman–Crippen LogP) is 3.98. The maximum absolute atomic E-state index is 12.6. The van der Waals surface area contributed by atoms with Crippen molar-refractivity contribution in [2.24, 2.45) is 5.16 Å². The number of nitrogens with one attached hydrogen (secondary N) is 2.